The Kier molecular flexibility index (Phi) is 8.19. The molecule has 0 radical (unpaired) electrons. The molecular weight excluding hydrogens is 234 g/mol. The summed E-state index contributed by atoms with van der Waals surface area (Å²) in [6.07, 6.45) is 5.31. The molecule has 1 N–H and O–H groups in total. The molecule has 0 heterocycles. The highest BCUT2D eigenvalue weighted by molar-refractivity contribution is 5.19. The Morgan fingerprint density at radius 1 is 1.26 bits per heavy atom. The number of benzene rings is 1. The molecule has 2 atom stereocenters. The smallest absolute Gasteiger partial charge is 0.0977 e. The average Bonchev–Trinajstić information content (AvgIpc) is 2.46. The molecule has 2 heteroatoms. The van der Waals surface area contributed by atoms with E-state index in [1.807, 2.05) is 12.1 Å². The Morgan fingerprint density at radius 3 is 2.58 bits per heavy atom. The van der Waals surface area contributed by atoms with Crippen LogP contribution >= 0.6 is 0 Å². The topological polar surface area (TPSA) is 21.3 Å². The third-order valence-corrected chi connectivity index (χ3v) is 3.18. The van der Waals surface area contributed by atoms with Crippen LogP contribution < -0.4 is 5.32 Å². The molecular formula is C17H27NO. The largest absolute Gasteiger partial charge is 0.372 e. The zero-order valence-corrected chi connectivity index (χ0v) is 12.3. The zero-order valence-electron chi connectivity index (χ0n) is 12.3. The molecule has 19 heavy (non-hydrogen) atoms. The van der Waals surface area contributed by atoms with Crippen LogP contribution in [0.5, 0.6) is 0 Å². The van der Waals surface area contributed by atoms with Crippen molar-refractivity contribution in [3.8, 4) is 0 Å². The van der Waals surface area contributed by atoms with E-state index in [1.54, 1.807) is 0 Å². The van der Waals surface area contributed by atoms with Gasteiger partial charge in [-0.05, 0) is 38.3 Å². The van der Waals surface area contributed by atoms with Gasteiger partial charge in [0.1, 0.15) is 0 Å². The summed E-state index contributed by atoms with van der Waals surface area (Å²) in [6, 6.07) is 10.8. The van der Waals surface area contributed by atoms with Gasteiger partial charge in [0.05, 0.1) is 6.10 Å². The summed E-state index contributed by atoms with van der Waals surface area (Å²) < 4.78 is 5.99. The van der Waals surface area contributed by atoms with Crippen molar-refractivity contribution in [3.05, 3.63) is 48.6 Å². The van der Waals surface area contributed by atoms with Gasteiger partial charge in [-0.3, -0.25) is 0 Å². The summed E-state index contributed by atoms with van der Waals surface area (Å²) in [5, 5.41) is 3.61. The second kappa shape index (κ2) is 9.76. The summed E-state index contributed by atoms with van der Waals surface area (Å²) in [4.78, 5) is 0. The monoisotopic (exact) mass is 261 g/mol. The van der Waals surface area contributed by atoms with E-state index >= 15 is 0 Å². The van der Waals surface area contributed by atoms with Crippen LogP contribution in [-0.4, -0.2) is 19.2 Å². The van der Waals surface area contributed by atoms with Crippen molar-refractivity contribution >= 4 is 0 Å². The maximum absolute atomic E-state index is 5.99. The third kappa shape index (κ3) is 5.58. The van der Waals surface area contributed by atoms with Crippen molar-refractivity contribution in [1.29, 1.82) is 0 Å². The Hall–Kier alpha value is -1.12. The summed E-state index contributed by atoms with van der Waals surface area (Å²) in [7, 11) is 0. The van der Waals surface area contributed by atoms with Gasteiger partial charge in [0, 0.05) is 12.6 Å². The molecule has 0 spiro atoms. The first-order valence-corrected chi connectivity index (χ1v) is 7.34. The van der Waals surface area contributed by atoms with E-state index in [2.05, 4.69) is 50.0 Å². The lowest BCUT2D eigenvalue weighted by Crippen LogP contribution is -2.36. The summed E-state index contributed by atoms with van der Waals surface area (Å²) >= 11 is 0. The van der Waals surface area contributed by atoms with Crippen LogP contribution in [0.25, 0.3) is 0 Å². The molecule has 106 valence electrons. The molecule has 0 saturated heterocycles. The van der Waals surface area contributed by atoms with E-state index in [4.69, 9.17) is 4.74 Å². The fourth-order valence-electron chi connectivity index (χ4n) is 2.25. The zero-order chi connectivity index (χ0) is 13.9. The minimum Gasteiger partial charge on any atom is -0.372 e. The Labute approximate surface area is 117 Å². The van der Waals surface area contributed by atoms with Gasteiger partial charge in [-0.25, -0.2) is 0 Å². The third-order valence-electron chi connectivity index (χ3n) is 3.18. The highest BCUT2D eigenvalue weighted by Crippen LogP contribution is 2.24. The second-order valence-electron chi connectivity index (χ2n) is 4.71. The maximum atomic E-state index is 5.99. The average molecular weight is 261 g/mol. The molecule has 0 aliphatic rings. The van der Waals surface area contributed by atoms with Crippen LogP contribution in [-0.2, 0) is 4.74 Å². The van der Waals surface area contributed by atoms with Crippen LogP contribution in [0.3, 0.4) is 0 Å². The maximum Gasteiger partial charge on any atom is 0.0977 e. The molecule has 0 bridgehead atoms. The predicted octanol–water partition coefficient (Wildman–Crippen LogP) is 4.10. The van der Waals surface area contributed by atoms with Crippen molar-refractivity contribution in [2.24, 2.45) is 0 Å². The molecule has 1 rings (SSSR count). The first-order chi connectivity index (χ1) is 9.33. The summed E-state index contributed by atoms with van der Waals surface area (Å²) in [5.74, 6) is 0. The molecule has 2 unspecified atom stereocenters. The van der Waals surface area contributed by atoms with Crippen LogP contribution in [0.2, 0.25) is 0 Å². The van der Waals surface area contributed by atoms with E-state index in [0.717, 1.165) is 32.4 Å². The summed E-state index contributed by atoms with van der Waals surface area (Å²) in [6.45, 7) is 9.83. The lowest BCUT2D eigenvalue weighted by Gasteiger charge is -2.28. The van der Waals surface area contributed by atoms with Crippen LogP contribution in [0.15, 0.2) is 43.0 Å². The fraction of sp³-hybridized carbons (Fsp3) is 0.529. The van der Waals surface area contributed by atoms with Gasteiger partial charge < -0.3 is 10.1 Å². The SMILES string of the molecule is C=CCCC(NCCC)C(OCC)c1ccccc1. The minimum atomic E-state index is 0.123. The predicted molar refractivity (Wildman–Crippen MR) is 82.3 cm³/mol. The number of ether oxygens (including phenoxy) is 1. The van der Waals surface area contributed by atoms with Crippen molar-refractivity contribution in [1.82, 2.24) is 5.32 Å². The van der Waals surface area contributed by atoms with Crippen molar-refractivity contribution in [2.75, 3.05) is 13.2 Å². The fourth-order valence-corrected chi connectivity index (χ4v) is 2.25. The van der Waals surface area contributed by atoms with Gasteiger partial charge in [0.15, 0.2) is 0 Å². The highest BCUT2D eigenvalue weighted by atomic mass is 16.5. The number of hydrogen-bond acceptors (Lipinski definition) is 2. The van der Waals surface area contributed by atoms with E-state index in [0.29, 0.717) is 6.04 Å². The van der Waals surface area contributed by atoms with Gasteiger partial charge >= 0.3 is 0 Å². The molecule has 0 aliphatic heterocycles. The first kappa shape index (κ1) is 15.9. The Morgan fingerprint density at radius 2 is 2.00 bits per heavy atom. The molecule has 1 aromatic carbocycles. The van der Waals surface area contributed by atoms with Crippen LogP contribution in [0.4, 0.5) is 0 Å². The van der Waals surface area contributed by atoms with E-state index in [-0.39, 0.29) is 6.10 Å². The molecule has 0 saturated carbocycles. The number of hydrogen-bond donors (Lipinski definition) is 1. The number of nitrogens with one attached hydrogen (secondary N) is 1. The summed E-state index contributed by atoms with van der Waals surface area (Å²) in [5.41, 5.74) is 1.25. The molecule has 0 aromatic heterocycles. The molecule has 0 aliphatic carbocycles. The number of rotatable bonds is 10. The minimum absolute atomic E-state index is 0.123. The van der Waals surface area contributed by atoms with E-state index < -0.39 is 0 Å². The molecule has 1 aromatic rings. The highest BCUT2D eigenvalue weighted by Gasteiger charge is 2.22. The number of allylic oxidation sites excluding steroid dienone is 1. The van der Waals surface area contributed by atoms with E-state index in [9.17, 15) is 0 Å². The van der Waals surface area contributed by atoms with Crippen molar-refractivity contribution < 1.29 is 4.74 Å². The second-order valence-corrected chi connectivity index (χ2v) is 4.71. The van der Waals surface area contributed by atoms with Crippen LogP contribution in [0.1, 0.15) is 44.8 Å². The molecule has 0 fully saturated rings. The van der Waals surface area contributed by atoms with Crippen molar-refractivity contribution in [3.63, 3.8) is 0 Å². The van der Waals surface area contributed by atoms with Gasteiger partial charge in [0.2, 0.25) is 0 Å². The quantitative estimate of drug-likeness (QED) is 0.640. The van der Waals surface area contributed by atoms with Crippen molar-refractivity contribution in [2.45, 2.75) is 45.3 Å². The van der Waals surface area contributed by atoms with Gasteiger partial charge in [-0.2, -0.15) is 0 Å². The Bertz CT molecular complexity index is 336. The van der Waals surface area contributed by atoms with Gasteiger partial charge in [-0.15, -0.1) is 6.58 Å². The van der Waals surface area contributed by atoms with Crippen LogP contribution in [0, 0.1) is 0 Å². The molecule has 0 amide bonds. The van der Waals surface area contributed by atoms with Gasteiger partial charge in [-0.1, -0.05) is 43.3 Å². The van der Waals surface area contributed by atoms with Gasteiger partial charge in [0.25, 0.3) is 0 Å². The Balaban J connectivity index is 2.80. The standard InChI is InChI=1S/C17H27NO/c1-4-7-13-16(18-14-5-2)17(19-6-3)15-11-9-8-10-12-15/h4,8-12,16-18H,1,5-7,13-14H2,2-3H3. The first-order valence-electron chi connectivity index (χ1n) is 7.34. The lowest BCUT2D eigenvalue weighted by atomic mass is 9.98. The lowest BCUT2D eigenvalue weighted by molar-refractivity contribution is 0.0311. The normalized spacial score (nSPS) is 14.0. The molecule has 2 nitrogen and oxygen atoms in total. The van der Waals surface area contributed by atoms with E-state index in [1.165, 1.54) is 5.56 Å².